The predicted octanol–water partition coefficient (Wildman–Crippen LogP) is 2.78. The van der Waals surface area contributed by atoms with Gasteiger partial charge in [-0.3, -0.25) is 0 Å². The second-order valence-electron chi connectivity index (χ2n) is 7.62. The van der Waals surface area contributed by atoms with Gasteiger partial charge in [0, 0.05) is 17.2 Å². The molecule has 31 heavy (non-hydrogen) atoms. The molecule has 2 heterocycles. The zero-order valence-electron chi connectivity index (χ0n) is 17.6. The fourth-order valence-corrected chi connectivity index (χ4v) is 3.91. The van der Waals surface area contributed by atoms with Crippen molar-refractivity contribution >= 4 is 11.9 Å². The van der Waals surface area contributed by atoms with Gasteiger partial charge in [0.05, 0.1) is 12.7 Å². The maximum atomic E-state index is 13.1. The number of carbonyl (C=O) groups is 2. The molecule has 0 saturated carbocycles. The Bertz CT molecular complexity index is 1120. The van der Waals surface area contributed by atoms with Gasteiger partial charge in [-0.1, -0.05) is 6.92 Å². The maximum absolute atomic E-state index is 13.1. The van der Waals surface area contributed by atoms with Gasteiger partial charge in [0.2, 0.25) is 6.29 Å². The quantitative estimate of drug-likeness (QED) is 0.495. The highest BCUT2D eigenvalue weighted by Gasteiger charge is 2.42. The number of nitrogens with two attached hydrogens (primary N) is 1. The highest BCUT2D eigenvalue weighted by Crippen LogP contribution is 2.54. The Morgan fingerprint density at radius 3 is 2.48 bits per heavy atom. The smallest absolute Gasteiger partial charge is 0.347 e. The molecule has 2 atom stereocenters. The molecule has 2 aromatic rings. The highest BCUT2D eigenvalue weighted by molar-refractivity contribution is 6.02. The number of carbonyl (C=O) groups excluding carboxylic acids is 2. The molecule has 0 aromatic heterocycles. The molecule has 4 rings (SSSR count). The topological polar surface area (TPSA) is 138 Å². The molecule has 2 aromatic carbocycles. The number of aliphatic hydroxyl groups is 1. The molecule has 0 spiro atoms. The number of phenolic OH excluding ortho intramolecular Hbond substituents is 1. The van der Waals surface area contributed by atoms with E-state index < -0.39 is 24.0 Å². The molecule has 9 nitrogen and oxygen atoms in total. The summed E-state index contributed by atoms with van der Waals surface area (Å²) in [5.41, 5.74) is 7.23. The first-order valence-electron chi connectivity index (χ1n) is 9.84. The van der Waals surface area contributed by atoms with Crippen LogP contribution >= 0.6 is 0 Å². The number of methoxy groups -OCH3 is 1. The molecule has 2 aliphatic rings. The zero-order chi connectivity index (χ0) is 22.6. The van der Waals surface area contributed by atoms with Crippen molar-refractivity contribution in [3.63, 3.8) is 0 Å². The first kappa shape index (κ1) is 21.0. The van der Waals surface area contributed by atoms with Gasteiger partial charge in [-0.05, 0) is 38.3 Å². The van der Waals surface area contributed by atoms with Crippen LogP contribution in [0.1, 0.15) is 62.6 Å². The molecule has 0 saturated heterocycles. The second-order valence-corrected chi connectivity index (χ2v) is 7.62. The molecule has 2 unspecified atom stereocenters. The lowest BCUT2D eigenvalue weighted by atomic mass is 9.96. The van der Waals surface area contributed by atoms with Crippen molar-refractivity contribution in [3.05, 3.63) is 39.4 Å². The minimum Gasteiger partial charge on any atom is -0.507 e. The Morgan fingerprint density at radius 2 is 1.84 bits per heavy atom. The van der Waals surface area contributed by atoms with Crippen molar-refractivity contribution in [2.45, 2.75) is 45.9 Å². The Hall–Kier alpha value is -3.30. The molecular weight excluding hydrogens is 406 g/mol. The largest absolute Gasteiger partial charge is 0.507 e. The van der Waals surface area contributed by atoms with Gasteiger partial charge >= 0.3 is 11.9 Å². The lowest BCUT2D eigenvalue weighted by Crippen LogP contribution is -2.22. The molecule has 4 N–H and O–H groups in total. The van der Waals surface area contributed by atoms with E-state index in [1.807, 2.05) is 6.92 Å². The van der Waals surface area contributed by atoms with Crippen molar-refractivity contribution < 1.29 is 38.7 Å². The number of aryl methyl sites for hydroxylation is 1. The van der Waals surface area contributed by atoms with E-state index in [2.05, 4.69) is 0 Å². The summed E-state index contributed by atoms with van der Waals surface area (Å²) in [5, 5.41) is 20.8. The van der Waals surface area contributed by atoms with Gasteiger partial charge in [-0.25, -0.2) is 9.59 Å². The number of rotatable bonds is 4. The van der Waals surface area contributed by atoms with Crippen LogP contribution in [0.5, 0.6) is 28.7 Å². The van der Waals surface area contributed by atoms with E-state index in [4.69, 9.17) is 24.7 Å². The zero-order valence-corrected chi connectivity index (χ0v) is 17.6. The fourth-order valence-electron chi connectivity index (χ4n) is 3.91. The van der Waals surface area contributed by atoms with Crippen LogP contribution in [0, 0.1) is 13.8 Å². The van der Waals surface area contributed by atoms with E-state index in [0.717, 1.165) is 0 Å². The standard InChI is InChI=1S/C22H23NO8/c1-5-10(23)7-11-12(28-4)6-8(2)13-18(11)29-19-15-14(21(26)31-22(15)27)16(24)9(3)17(19)30-20(13)25/h6,10,22,24,27H,5,7,23H2,1-4H3. The van der Waals surface area contributed by atoms with Gasteiger partial charge < -0.3 is 34.9 Å². The lowest BCUT2D eigenvalue weighted by Gasteiger charge is -2.20. The second kappa shape index (κ2) is 7.44. The monoisotopic (exact) mass is 429 g/mol. The van der Waals surface area contributed by atoms with Crippen molar-refractivity contribution in [1.29, 1.82) is 0 Å². The summed E-state index contributed by atoms with van der Waals surface area (Å²) in [5.74, 6) is -1.57. The normalized spacial score (nSPS) is 17.5. The van der Waals surface area contributed by atoms with E-state index >= 15 is 0 Å². The molecule has 0 radical (unpaired) electrons. The van der Waals surface area contributed by atoms with E-state index in [0.29, 0.717) is 29.7 Å². The molecule has 164 valence electrons. The van der Waals surface area contributed by atoms with E-state index in [-0.39, 0.29) is 45.5 Å². The van der Waals surface area contributed by atoms with E-state index in [9.17, 15) is 19.8 Å². The van der Waals surface area contributed by atoms with Gasteiger partial charge in [-0.2, -0.15) is 0 Å². The number of esters is 2. The summed E-state index contributed by atoms with van der Waals surface area (Å²) in [6.07, 6.45) is -0.658. The number of benzene rings is 2. The van der Waals surface area contributed by atoms with Crippen molar-refractivity contribution in [3.8, 4) is 28.7 Å². The maximum Gasteiger partial charge on any atom is 0.347 e. The number of hydrogen-bond donors (Lipinski definition) is 3. The fraction of sp³-hybridized carbons (Fsp3) is 0.364. The van der Waals surface area contributed by atoms with Crippen LogP contribution < -0.4 is 19.9 Å². The van der Waals surface area contributed by atoms with Crippen LogP contribution in [0.25, 0.3) is 0 Å². The first-order valence-corrected chi connectivity index (χ1v) is 9.84. The minimum atomic E-state index is -1.68. The van der Waals surface area contributed by atoms with Gasteiger partial charge in [-0.15, -0.1) is 0 Å². The van der Waals surface area contributed by atoms with Gasteiger partial charge in [0.1, 0.15) is 28.4 Å². The Balaban J connectivity index is 2.04. The third kappa shape index (κ3) is 3.08. The average Bonchev–Trinajstić information content (AvgIpc) is 2.93. The number of ether oxygens (including phenoxy) is 4. The number of aliphatic hydroxyl groups excluding tert-OH is 1. The lowest BCUT2D eigenvalue weighted by molar-refractivity contribution is -0.0555. The first-order chi connectivity index (χ1) is 14.7. The third-order valence-electron chi connectivity index (χ3n) is 5.68. The summed E-state index contributed by atoms with van der Waals surface area (Å²) in [7, 11) is 1.50. The summed E-state index contributed by atoms with van der Waals surface area (Å²) in [6, 6.07) is 1.47. The van der Waals surface area contributed by atoms with Crippen molar-refractivity contribution in [1.82, 2.24) is 0 Å². The van der Waals surface area contributed by atoms with Crippen LogP contribution in [0.4, 0.5) is 0 Å². The molecule has 9 heteroatoms. The average molecular weight is 429 g/mol. The van der Waals surface area contributed by atoms with Crippen LogP contribution in [0.15, 0.2) is 6.07 Å². The highest BCUT2D eigenvalue weighted by atomic mass is 16.6. The third-order valence-corrected chi connectivity index (χ3v) is 5.68. The number of fused-ring (bicyclic) bond motifs is 4. The number of hydrogen-bond acceptors (Lipinski definition) is 9. The molecule has 0 aliphatic carbocycles. The van der Waals surface area contributed by atoms with Crippen LogP contribution in [-0.4, -0.2) is 35.3 Å². The summed E-state index contributed by atoms with van der Waals surface area (Å²) >= 11 is 0. The SMILES string of the molecule is CCC(N)Cc1c(OC)cc(C)c2c1Oc1c(c(C)c(O)c3c1C(O)OC3=O)OC2=O. The molecule has 0 fully saturated rings. The van der Waals surface area contributed by atoms with Gasteiger partial charge in [0.25, 0.3) is 0 Å². The molecule has 0 bridgehead atoms. The summed E-state index contributed by atoms with van der Waals surface area (Å²) in [4.78, 5) is 25.3. The predicted molar refractivity (Wildman–Crippen MR) is 108 cm³/mol. The van der Waals surface area contributed by atoms with Crippen LogP contribution in [0.3, 0.4) is 0 Å². The molecule has 0 amide bonds. The van der Waals surface area contributed by atoms with Crippen molar-refractivity contribution in [2.75, 3.05) is 7.11 Å². The van der Waals surface area contributed by atoms with E-state index in [1.54, 1.807) is 13.0 Å². The number of cyclic esters (lactones) is 1. The summed E-state index contributed by atoms with van der Waals surface area (Å²) in [6.45, 7) is 5.12. The Labute approximate surface area is 178 Å². The van der Waals surface area contributed by atoms with Crippen LogP contribution in [-0.2, 0) is 11.2 Å². The Kier molecular flexibility index (Phi) is 5.03. The van der Waals surface area contributed by atoms with Crippen LogP contribution in [0.2, 0.25) is 0 Å². The number of phenols is 1. The molecular formula is C22H23NO8. The molecule has 2 aliphatic heterocycles. The van der Waals surface area contributed by atoms with Gasteiger partial charge in [0.15, 0.2) is 11.5 Å². The number of aromatic hydroxyl groups is 1. The Morgan fingerprint density at radius 1 is 1.13 bits per heavy atom. The minimum absolute atomic E-state index is 0.0743. The van der Waals surface area contributed by atoms with E-state index in [1.165, 1.54) is 14.0 Å². The summed E-state index contributed by atoms with van der Waals surface area (Å²) < 4.78 is 22.1. The van der Waals surface area contributed by atoms with Crippen molar-refractivity contribution in [2.24, 2.45) is 5.73 Å².